The summed E-state index contributed by atoms with van der Waals surface area (Å²) in [5.41, 5.74) is 0.788. The van der Waals surface area contributed by atoms with Crippen LogP contribution in [0, 0.1) is 0 Å². The maximum absolute atomic E-state index is 12.5. The average molecular weight is 408 g/mol. The third-order valence-corrected chi connectivity index (χ3v) is 4.74. The SMILES string of the molecule is CO[C@@H](C(=O)N[C@H]1CC[C@@H](O)CNC1=O)[C@H](O)[C@@H](O)[C@H](O)/C=C/c1ccccc1. The van der Waals surface area contributed by atoms with Crippen LogP contribution in [-0.4, -0.2) is 82.5 Å². The van der Waals surface area contributed by atoms with Crippen LogP contribution in [0.4, 0.5) is 0 Å². The number of ether oxygens (including phenoxy) is 1. The molecule has 1 fully saturated rings. The van der Waals surface area contributed by atoms with Crippen molar-refractivity contribution >= 4 is 17.9 Å². The van der Waals surface area contributed by atoms with Crippen molar-refractivity contribution in [2.24, 2.45) is 0 Å². The molecule has 2 rings (SSSR count). The molecule has 2 amide bonds. The summed E-state index contributed by atoms with van der Waals surface area (Å²) in [4.78, 5) is 24.5. The van der Waals surface area contributed by atoms with Gasteiger partial charge in [-0.25, -0.2) is 0 Å². The van der Waals surface area contributed by atoms with Gasteiger partial charge in [-0.05, 0) is 18.4 Å². The second-order valence-electron chi connectivity index (χ2n) is 6.94. The zero-order valence-corrected chi connectivity index (χ0v) is 16.1. The summed E-state index contributed by atoms with van der Waals surface area (Å²) in [6.45, 7) is 0.0974. The van der Waals surface area contributed by atoms with Crippen LogP contribution < -0.4 is 10.6 Å². The number of carbonyl (C=O) groups excluding carboxylic acids is 2. The van der Waals surface area contributed by atoms with Gasteiger partial charge in [0, 0.05) is 13.7 Å². The van der Waals surface area contributed by atoms with Gasteiger partial charge in [-0.3, -0.25) is 9.59 Å². The highest BCUT2D eigenvalue weighted by molar-refractivity contribution is 5.89. The van der Waals surface area contributed by atoms with Gasteiger partial charge < -0.3 is 35.8 Å². The summed E-state index contributed by atoms with van der Waals surface area (Å²) >= 11 is 0. The van der Waals surface area contributed by atoms with E-state index in [0.29, 0.717) is 6.42 Å². The van der Waals surface area contributed by atoms with Gasteiger partial charge in [-0.1, -0.05) is 42.5 Å². The van der Waals surface area contributed by atoms with Crippen LogP contribution in [0.3, 0.4) is 0 Å². The van der Waals surface area contributed by atoms with Gasteiger partial charge >= 0.3 is 0 Å². The Morgan fingerprint density at radius 3 is 2.55 bits per heavy atom. The molecule has 0 aromatic heterocycles. The van der Waals surface area contributed by atoms with Gasteiger partial charge in [0.05, 0.1) is 6.10 Å². The van der Waals surface area contributed by atoms with Gasteiger partial charge in [0.25, 0.3) is 5.91 Å². The number of β-amino-alcohol motifs (C(OH)–C–C–N with tert-alkyl or cyclic N) is 1. The van der Waals surface area contributed by atoms with Crippen molar-refractivity contribution in [2.45, 2.75) is 49.4 Å². The third kappa shape index (κ3) is 6.62. The molecule has 0 aliphatic carbocycles. The molecule has 29 heavy (non-hydrogen) atoms. The number of amides is 2. The Morgan fingerprint density at radius 2 is 1.90 bits per heavy atom. The number of carbonyl (C=O) groups is 2. The highest BCUT2D eigenvalue weighted by atomic mass is 16.5. The Morgan fingerprint density at radius 1 is 1.21 bits per heavy atom. The molecule has 9 nitrogen and oxygen atoms in total. The zero-order chi connectivity index (χ0) is 21.4. The van der Waals surface area contributed by atoms with E-state index >= 15 is 0 Å². The standard InChI is InChI=1S/C20H28N2O7/c1-29-18(20(28)22-14-9-8-13(23)11-21-19(14)27)17(26)16(25)15(24)10-7-12-5-3-2-4-6-12/h2-7,10,13-18,23-26H,8-9,11H2,1H3,(H,21,27)(H,22,28)/b10-7+/t13-,14+,15-,16+,17-,18-/m1/s1. The number of hydrogen-bond acceptors (Lipinski definition) is 7. The van der Waals surface area contributed by atoms with E-state index in [1.54, 1.807) is 18.2 Å². The summed E-state index contributed by atoms with van der Waals surface area (Å²) in [7, 11) is 1.17. The van der Waals surface area contributed by atoms with Crippen molar-refractivity contribution in [2.75, 3.05) is 13.7 Å². The summed E-state index contributed by atoms with van der Waals surface area (Å²) < 4.78 is 5.00. The number of nitrogens with one attached hydrogen (secondary N) is 2. The zero-order valence-electron chi connectivity index (χ0n) is 16.1. The van der Waals surface area contributed by atoms with Crippen molar-refractivity contribution in [3.63, 3.8) is 0 Å². The lowest BCUT2D eigenvalue weighted by Crippen LogP contribution is -2.55. The first kappa shape index (κ1) is 23.0. The second kappa shape index (κ2) is 11.0. The van der Waals surface area contributed by atoms with E-state index in [0.717, 1.165) is 5.56 Å². The topological polar surface area (TPSA) is 148 Å². The summed E-state index contributed by atoms with van der Waals surface area (Å²) in [6.07, 6.45) is -3.69. The minimum absolute atomic E-state index is 0.0974. The van der Waals surface area contributed by atoms with Gasteiger partial charge in [0.15, 0.2) is 6.10 Å². The van der Waals surface area contributed by atoms with Crippen LogP contribution >= 0.6 is 0 Å². The number of aliphatic hydroxyl groups is 4. The van der Waals surface area contributed by atoms with Crippen molar-refractivity contribution in [1.29, 1.82) is 0 Å². The maximum atomic E-state index is 12.5. The fourth-order valence-corrected chi connectivity index (χ4v) is 3.00. The Bertz CT molecular complexity index is 697. The van der Waals surface area contributed by atoms with E-state index in [2.05, 4.69) is 10.6 Å². The Labute approximate surface area is 169 Å². The molecule has 0 saturated carbocycles. The molecule has 1 aliphatic rings. The van der Waals surface area contributed by atoms with Crippen LogP contribution in [0.1, 0.15) is 18.4 Å². The number of methoxy groups -OCH3 is 1. The monoisotopic (exact) mass is 408 g/mol. The molecule has 0 unspecified atom stereocenters. The average Bonchev–Trinajstić information content (AvgIpc) is 2.88. The molecule has 160 valence electrons. The molecule has 9 heteroatoms. The molecule has 0 radical (unpaired) electrons. The van der Waals surface area contributed by atoms with E-state index < -0.39 is 48.4 Å². The van der Waals surface area contributed by atoms with Crippen molar-refractivity contribution in [1.82, 2.24) is 10.6 Å². The predicted molar refractivity (Wildman–Crippen MR) is 104 cm³/mol. The fraction of sp³-hybridized carbons (Fsp3) is 0.500. The van der Waals surface area contributed by atoms with E-state index in [1.165, 1.54) is 13.2 Å². The van der Waals surface area contributed by atoms with Crippen LogP contribution in [0.15, 0.2) is 36.4 Å². The molecule has 6 N–H and O–H groups in total. The fourth-order valence-electron chi connectivity index (χ4n) is 3.00. The van der Waals surface area contributed by atoms with Gasteiger partial charge in [0.2, 0.25) is 5.91 Å². The molecule has 1 heterocycles. The highest BCUT2D eigenvalue weighted by Crippen LogP contribution is 2.13. The van der Waals surface area contributed by atoms with Gasteiger partial charge in [0.1, 0.15) is 24.4 Å². The first-order chi connectivity index (χ1) is 13.8. The minimum atomic E-state index is -1.74. The number of benzene rings is 1. The molecule has 1 aromatic carbocycles. The van der Waals surface area contributed by atoms with Crippen LogP contribution in [-0.2, 0) is 14.3 Å². The number of rotatable bonds is 8. The molecule has 0 bridgehead atoms. The van der Waals surface area contributed by atoms with Crippen LogP contribution in [0.25, 0.3) is 6.08 Å². The second-order valence-corrected chi connectivity index (χ2v) is 6.94. The molecule has 1 aromatic rings. The lowest BCUT2D eigenvalue weighted by atomic mass is 10.0. The normalized spacial score (nSPS) is 24.2. The molecule has 6 atom stereocenters. The predicted octanol–water partition coefficient (Wildman–Crippen LogP) is -1.45. The van der Waals surface area contributed by atoms with Crippen molar-refractivity contribution in [3.8, 4) is 0 Å². The Hall–Kier alpha value is -2.30. The lowest BCUT2D eigenvalue weighted by Gasteiger charge is -2.28. The smallest absolute Gasteiger partial charge is 0.252 e. The molecular weight excluding hydrogens is 380 g/mol. The van der Waals surface area contributed by atoms with Crippen LogP contribution in [0.5, 0.6) is 0 Å². The minimum Gasteiger partial charge on any atom is -0.391 e. The number of aliphatic hydroxyl groups excluding tert-OH is 4. The van der Waals surface area contributed by atoms with E-state index in [9.17, 15) is 30.0 Å². The van der Waals surface area contributed by atoms with Crippen molar-refractivity contribution < 1.29 is 34.8 Å². The van der Waals surface area contributed by atoms with Crippen LogP contribution in [0.2, 0.25) is 0 Å². The summed E-state index contributed by atoms with van der Waals surface area (Å²) in [6, 6.07) is 8.16. The van der Waals surface area contributed by atoms with E-state index in [-0.39, 0.29) is 13.0 Å². The molecule has 0 spiro atoms. The first-order valence-corrected chi connectivity index (χ1v) is 9.40. The maximum Gasteiger partial charge on any atom is 0.252 e. The molecule has 1 aliphatic heterocycles. The quantitative estimate of drug-likeness (QED) is 0.308. The summed E-state index contributed by atoms with van der Waals surface area (Å²) in [5, 5.41) is 45.3. The van der Waals surface area contributed by atoms with Gasteiger partial charge in [-0.15, -0.1) is 0 Å². The highest BCUT2D eigenvalue weighted by Gasteiger charge is 2.37. The third-order valence-electron chi connectivity index (χ3n) is 4.74. The van der Waals surface area contributed by atoms with Gasteiger partial charge in [-0.2, -0.15) is 0 Å². The molecular formula is C20H28N2O7. The van der Waals surface area contributed by atoms with E-state index in [4.69, 9.17) is 4.74 Å². The largest absolute Gasteiger partial charge is 0.391 e. The number of hydrogen-bond donors (Lipinski definition) is 6. The molecule has 1 saturated heterocycles. The Balaban J connectivity index is 1.98. The van der Waals surface area contributed by atoms with E-state index in [1.807, 2.05) is 18.2 Å². The first-order valence-electron chi connectivity index (χ1n) is 9.40. The summed E-state index contributed by atoms with van der Waals surface area (Å²) in [5.74, 6) is -1.26. The van der Waals surface area contributed by atoms with Crippen molar-refractivity contribution in [3.05, 3.63) is 42.0 Å². The Kier molecular flexibility index (Phi) is 8.74. The lowest BCUT2D eigenvalue weighted by molar-refractivity contribution is -0.150.